The van der Waals surface area contributed by atoms with Crippen LogP contribution in [0.15, 0.2) is 11.3 Å². The van der Waals surface area contributed by atoms with Crippen LogP contribution in [-0.2, 0) is 9.53 Å². The van der Waals surface area contributed by atoms with E-state index < -0.39 is 0 Å². The fraction of sp³-hybridized carbons (Fsp3) is 0.727. The third-order valence-corrected chi connectivity index (χ3v) is 2.31. The summed E-state index contributed by atoms with van der Waals surface area (Å²) >= 11 is 0. The molecule has 1 rings (SSSR count). The van der Waals surface area contributed by atoms with E-state index in [0.717, 1.165) is 5.76 Å². The van der Waals surface area contributed by atoms with Crippen molar-refractivity contribution in [1.29, 1.82) is 0 Å². The smallest absolute Gasteiger partial charge is 0.174 e. The lowest BCUT2D eigenvalue weighted by molar-refractivity contribution is -0.123. The molecule has 0 spiro atoms. The molecule has 74 valence electrons. The third kappa shape index (κ3) is 2.33. The van der Waals surface area contributed by atoms with Crippen molar-refractivity contribution < 1.29 is 9.53 Å². The fourth-order valence-corrected chi connectivity index (χ4v) is 1.63. The Morgan fingerprint density at radius 3 is 2.23 bits per heavy atom. The molecule has 0 N–H and O–H groups in total. The van der Waals surface area contributed by atoms with Crippen molar-refractivity contribution in [1.82, 2.24) is 0 Å². The minimum atomic E-state index is 0.202. The van der Waals surface area contributed by atoms with Crippen LogP contribution >= 0.6 is 0 Å². The van der Waals surface area contributed by atoms with E-state index in [1.165, 1.54) is 5.57 Å². The van der Waals surface area contributed by atoms with Gasteiger partial charge in [-0.05, 0) is 11.5 Å². The van der Waals surface area contributed by atoms with Gasteiger partial charge in [0.15, 0.2) is 5.78 Å². The van der Waals surface area contributed by atoms with Gasteiger partial charge >= 0.3 is 0 Å². The first kappa shape index (κ1) is 10.3. The zero-order valence-electron chi connectivity index (χ0n) is 8.89. The molecule has 0 saturated carbocycles. The summed E-state index contributed by atoms with van der Waals surface area (Å²) in [4.78, 5) is 11.2. The van der Waals surface area contributed by atoms with E-state index in [9.17, 15) is 4.79 Å². The van der Waals surface area contributed by atoms with E-state index in [1.54, 1.807) is 0 Å². The van der Waals surface area contributed by atoms with E-state index in [-0.39, 0.29) is 12.4 Å². The second-order valence-corrected chi connectivity index (χ2v) is 4.20. The zero-order valence-corrected chi connectivity index (χ0v) is 8.89. The number of rotatable bonds is 2. The van der Waals surface area contributed by atoms with Gasteiger partial charge in [-0.2, -0.15) is 0 Å². The average Bonchev–Trinajstić information content (AvgIpc) is 2.03. The predicted octanol–water partition coefficient (Wildman–Crippen LogP) is 2.54. The lowest BCUT2D eigenvalue weighted by Crippen LogP contribution is -2.22. The Morgan fingerprint density at radius 1 is 1.15 bits per heavy atom. The van der Waals surface area contributed by atoms with Crippen LogP contribution in [-0.4, -0.2) is 12.4 Å². The summed E-state index contributed by atoms with van der Waals surface area (Å²) < 4.78 is 5.46. The van der Waals surface area contributed by atoms with Crippen molar-refractivity contribution in [3.63, 3.8) is 0 Å². The van der Waals surface area contributed by atoms with Gasteiger partial charge in [0.05, 0.1) is 5.76 Å². The van der Waals surface area contributed by atoms with Crippen molar-refractivity contribution in [2.75, 3.05) is 6.61 Å². The third-order valence-electron chi connectivity index (χ3n) is 2.31. The molecule has 2 nitrogen and oxygen atoms in total. The molecule has 1 heterocycles. The molecule has 0 bridgehead atoms. The maximum atomic E-state index is 11.2. The average molecular weight is 182 g/mol. The van der Waals surface area contributed by atoms with Crippen LogP contribution in [0.4, 0.5) is 0 Å². The molecule has 0 radical (unpaired) electrons. The Bertz CT molecular complexity index is 236. The molecule has 0 fully saturated rings. The van der Waals surface area contributed by atoms with Gasteiger partial charge in [0, 0.05) is 12.3 Å². The molecule has 2 heteroatoms. The number of hydrogen-bond acceptors (Lipinski definition) is 2. The normalized spacial score (nSPS) is 18.5. The van der Waals surface area contributed by atoms with E-state index in [2.05, 4.69) is 27.7 Å². The highest BCUT2D eigenvalue weighted by molar-refractivity contribution is 5.83. The number of ketones is 1. The first-order valence-corrected chi connectivity index (χ1v) is 4.89. The molecule has 1 aliphatic rings. The number of carbonyl (C=O) groups is 1. The van der Waals surface area contributed by atoms with E-state index >= 15 is 0 Å². The van der Waals surface area contributed by atoms with Gasteiger partial charge in [0.25, 0.3) is 0 Å². The molecule has 1 aliphatic heterocycles. The van der Waals surface area contributed by atoms with Crippen molar-refractivity contribution in [2.45, 2.75) is 34.1 Å². The number of allylic oxidation sites excluding steroid dienone is 2. The SMILES string of the molecule is CC(C)C1=C(C(C)C)OCC(=O)C1. The summed E-state index contributed by atoms with van der Waals surface area (Å²) in [5.41, 5.74) is 1.19. The first-order chi connectivity index (χ1) is 6.02. The van der Waals surface area contributed by atoms with Crippen molar-refractivity contribution in [3.05, 3.63) is 11.3 Å². The standard InChI is InChI=1S/C11H18O2/c1-7(2)10-5-9(12)6-13-11(10)8(3)4/h7-8H,5-6H2,1-4H3. The Kier molecular flexibility index (Phi) is 3.12. The monoisotopic (exact) mass is 182 g/mol. The molecule has 0 aromatic heterocycles. The Hall–Kier alpha value is -0.790. The molecule has 0 aliphatic carbocycles. The van der Waals surface area contributed by atoms with E-state index in [0.29, 0.717) is 18.3 Å². The summed E-state index contributed by atoms with van der Waals surface area (Å²) in [5.74, 6) is 2.05. The summed E-state index contributed by atoms with van der Waals surface area (Å²) in [6, 6.07) is 0. The van der Waals surface area contributed by atoms with Crippen LogP contribution < -0.4 is 0 Å². The van der Waals surface area contributed by atoms with Crippen molar-refractivity contribution in [3.8, 4) is 0 Å². The highest BCUT2D eigenvalue weighted by Gasteiger charge is 2.23. The van der Waals surface area contributed by atoms with Crippen LogP contribution in [0.5, 0.6) is 0 Å². The largest absolute Gasteiger partial charge is 0.490 e. The van der Waals surface area contributed by atoms with Crippen molar-refractivity contribution in [2.24, 2.45) is 11.8 Å². The maximum absolute atomic E-state index is 11.2. The Labute approximate surface area is 80.0 Å². The van der Waals surface area contributed by atoms with Crippen LogP contribution in [0.2, 0.25) is 0 Å². The maximum Gasteiger partial charge on any atom is 0.174 e. The molecule has 0 aromatic carbocycles. The van der Waals surface area contributed by atoms with Crippen LogP contribution in [0.1, 0.15) is 34.1 Å². The van der Waals surface area contributed by atoms with Gasteiger partial charge in [0.2, 0.25) is 0 Å². The van der Waals surface area contributed by atoms with Gasteiger partial charge in [-0.3, -0.25) is 4.79 Å². The van der Waals surface area contributed by atoms with Gasteiger partial charge in [-0.1, -0.05) is 27.7 Å². The minimum absolute atomic E-state index is 0.202. The van der Waals surface area contributed by atoms with Gasteiger partial charge in [-0.15, -0.1) is 0 Å². The van der Waals surface area contributed by atoms with Gasteiger partial charge in [-0.25, -0.2) is 0 Å². The second-order valence-electron chi connectivity index (χ2n) is 4.20. The molecular formula is C11H18O2. The molecule has 0 amide bonds. The molecule has 0 atom stereocenters. The first-order valence-electron chi connectivity index (χ1n) is 4.89. The topological polar surface area (TPSA) is 26.3 Å². The van der Waals surface area contributed by atoms with Crippen molar-refractivity contribution >= 4 is 5.78 Å². The van der Waals surface area contributed by atoms with Crippen LogP contribution in [0.3, 0.4) is 0 Å². The number of hydrogen-bond donors (Lipinski definition) is 0. The van der Waals surface area contributed by atoms with E-state index in [4.69, 9.17) is 4.74 Å². The van der Waals surface area contributed by atoms with Gasteiger partial charge < -0.3 is 4.74 Å². The summed E-state index contributed by atoms with van der Waals surface area (Å²) in [6.07, 6.45) is 0.588. The lowest BCUT2D eigenvalue weighted by Gasteiger charge is -2.25. The quantitative estimate of drug-likeness (QED) is 0.656. The highest BCUT2D eigenvalue weighted by atomic mass is 16.5. The predicted molar refractivity (Wildman–Crippen MR) is 52.3 cm³/mol. The minimum Gasteiger partial charge on any atom is -0.490 e. The van der Waals surface area contributed by atoms with Crippen LogP contribution in [0.25, 0.3) is 0 Å². The summed E-state index contributed by atoms with van der Waals surface area (Å²) in [5, 5.41) is 0. The molecule has 0 unspecified atom stereocenters. The Balaban J connectivity index is 2.93. The number of ether oxygens (including phenoxy) is 1. The molecular weight excluding hydrogens is 164 g/mol. The number of Topliss-reactive ketones (excluding diaryl/α,β-unsaturated/α-hetero) is 1. The van der Waals surface area contributed by atoms with E-state index in [1.807, 2.05) is 0 Å². The summed E-state index contributed by atoms with van der Waals surface area (Å²) in [6.45, 7) is 8.70. The molecule has 13 heavy (non-hydrogen) atoms. The highest BCUT2D eigenvalue weighted by Crippen LogP contribution is 2.28. The molecule has 0 saturated heterocycles. The Morgan fingerprint density at radius 2 is 1.77 bits per heavy atom. The number of carbonyl (C=O) groups excluding carboxylic acids is 1. The second kappa shape index (κ2) is 3.95. The summed E-state index contributed by atoms with van der Waals surface area (Å²) in [7, 11) is 0. The zero-order chi connectivity index (χ0) is 10.0. The fourth-order valence-electron chi connectivity index (χ4n) is 1.63. The lowest BCUT2D eigenvalue weighted by atomic mass is 9.91. The van der Waals surface area contributed by atoms with Crippen LogP contribution in [0, 0.1) is 11.8 Å². The molecule has 0 aromatic rings. The van der Waals surface area contributed by atoms with Gasteiger partial charge in [0.1, 0.15) is 6.61 Å².